The highest BCUT2D eigenvalue weighted by Gasteiger charge is 2.09. The summed E-state index contributed by atoms with van der Waals surface area (Å²) in [6.07, 6.45) is 1.80. The zero-order valence-corrected chi connectivity index (χ0v) is 11.9. The van der Waals surface area contributed by atoms with Crippen molar-refractivity contribution in [3.63, 3.8) is 0 Å². The Hall–Kier alpha value is -2.36. The van der Waals surface area contributed by atoms with Gasteiger partial charge in [-0.05, 0) is 19.4 Å². The van der Waals surface area contributed by atoms with Gasteiger partial charge >= 0.3 is 0 Å². The average Bonchev–Trinajstić information content (AvgIpc) is 2.78. The van der Waals surface area contributed by atoms with Crippen LogP contribution in [0.2, 0.25) is 0 Å². The number of amides is 1. The van der Waals surface area contributed by atoms with Crippen molar-refractivity contribution in [2.75, 3.05) is 0 Å². The molecule has 0 atom stereocenters. The Balaban J connectivity index is 2.11. The van der Waals surface area contributed by atoms with E-state index in [4.69, 9.17) is 0 Å². The second-order valence-electron chi connectivity index (χ2n) is 4.83. The van der Waals surface area contributed by atoms with Gasteiger partial charge in [-0.2, -0.15) is 0 Å². The lowest BCUT2D eigenvalue weighted by molar-refractivity contribution is -0.117. The van der Waals surface area contributed by atoms with Crippen molar-refractivity contribution in [3.05, 3.63) is 65.8 Å². The number of nitrogens with zero attached hydrogens (tertiary/aromatic N) is 2. The standard InChI is InChI=1S/C16H19N3O/c1-12(2)16(20)18-10-15-9-17-13(3)19(15)11-14-7-5-4-6-8-14/h4-9H,1,10-11H2,2-3H3,(H,18,20). The molecule has 0 aliphatic heterocycles. The lowest BCUT2D eigenvalue weighted by Gasteiger charge is -2.11. The first-order valence-corrected chi connectivity index (χ1v) is 6.56. The molecule has 20 heavy (non-hydrogen) atoms. The molecule has 0 aliphatic rings. The van der Waals surface area contributed by atoms with E-state index in [9.17, 15) is 4.79 Å². The summed E-state index contributed by atoms with van der Waals surface area (Å²) in [5.74, 6) is 0.809. The summed E-state index contributed by atoms with van der Waals surface area (Å²) >= 11 is 0. The number of carbonyl (C=O) groups excluding carboxylic acids is 1. The molecule has 1 aromatic heterocycles. The second-order valence-corrected chi connectivity index (χ2v) is 4.83. The number of aromatic nitrogens is 2. The van der Waals surface area contributed by atoms with Gasteiger partial charge in [-0.25, -0.2) is 4.98 Å². The van der Waals surface area contributed by atoms with E-state index in [1.54, 1.807) is 13.1 Å². The number of rotatable bonds is 5. The number of imidazole rings is 1. The summed E-state index contributed by atoms with van der Waals surface area (Å²) in [7, 11) is 0. The fourth-order valence-corrected chi connectivity index (χ4v) is 1.96. The van der Waals surface area contributed by atoms with Gasteiger partial charge in [0.15, 0.2) is 0 Å². The van der Waals surface area contributed by atoms with Crippen LogP contribution in [0.5, 0.6) is 0 Å². The molecule has 2 rings (SSSR count). The van der Waals surface area contributed by atoms with Gasteiger partial charge in [0.1, 0.15) is 5.82 Å². The molecule has 0 radical (unpaired) electrons. The van der Waals surface area contributed by atoms with Crippen molar-refractivity contribution in [1.29, 1.82) is 0 Å². The van der Waals surface area contributed by atoms with Gasteiger partial charge in [0.05, 0.1) is 18.4 Å². The summed E-state index contributed by atoms with van der Waals surface area (Å²) in [5.41, 5.74) is 2.71. The number of aryl methyl sites for hydroxylation is 1. The quantitative estimate of drug-likeness (QED) is 0.847. The lowest BCUT2D eigenvalue weighted by Crippen LogP contribution is -2.24. The second kappa shape index (κ2) is 6.19. The molecule has 0 aliphatic carbocycles. The van der Waals surface area contributed by atoms with E-state index in [0.717, 1.165) is 18.1 Å². The molecule has 1 heterocycles. The van der Waals surface area contributed by atoms with Crippen LogP contribution in [0.15, 0.2) is 48.7 Å². The third-order valence-corrected chi connectivity index (χ3v) is 3.14. The molecular weight excluding hydrogens is 250 g/mol. The molecule has 1 amide bonds. The summed E-state index contributed by atoms with van der Waals surface area (Å²) in [6.45, 7) is 8.50. The maximum atomic E-state index is 11.6. The minimum absolute atomic E-state index is 0.130. The number of carbonyl (C=O) groups is 1. The first-order valence-electron chi connectivity index (χ1n) is 6.56. The van der Waals surface area contributed by atoms with E-state index in [1.165, 1.54) is 5.56 Å². The van der Waals surface area contributed by atoms with Crippen molar-refractivity contribution >= 4 is 5.91 Å². The van der Waals surface area contributed by atoms with Gasteiger partial charge in [0, 0.05) is 12.1 Å². The van der Waals surface area contributed by atoms with Crippen LogP contribution in [0, 0.1) is 6.92 Å². The largest absolute Gasteiger partial charge is 0.347 e. The van der Waals surface area contributed by atoms with E-state index >= 15 is 0 Å². The Morgan fingerprint density at radius 1 is 1.35 bits per heavy atom. The van der Waals surface area contributed by atoms with Crippen LogP contribution in [0.25, 0.3) is 0 Å². The van der Waals surface area contributed by atoms with Crippen LogP contribution in [0.4, 0.5) is 0 Å². The minimum atomic E-state index is -0.130. The maximum Gasteiger partial charge on any atom is 0.246 e. The third-order valence-electron chi connectivity index (χ3n) is 3.14. The van der Waals surface area contributed by atoms with Crippen LogP contribution in [0.3, 0.4) is 0 Å². The Labute approximate surface area is 119 Å². The van der Waals surface area contributed by atoms with Gasteiger partial charge < -0.3 is 9.88 Å². The van der Waals surface area contributed by atoms with Gasteiger partial charge in [0.25, 0.3) is 0 Å². The van der Waals surface area contributed by atoms with Crippen molar-refractivity contribution < 1.29 is 4.79 Å². The number of hydrogen-bond donors (Lipinski definition) is 1. The smallest absolute Gasteiger partial charge is 0.246 e. The van der Waals surface area contributed by atoms with Crippen LogP contribution < -0.4 is 5.32 Å². The van der Waals surface area contributed by atoms with Crippen LogP contribution >= 0.6 is 0 Å². The maximum absolute atomic E-state index is 11.6. The van der Waals surface area contributed by atoms with Crippen LogP contribution in [-0.4, -0.2) is 15.5 Å². The highest BCUT2D eigenvalue weighted by atomic mass is 16.1. The van der Waals surface area contributed by atoms with E-state index in [0.29, 0.717) is 12.1 Å². The molecule has 1 N–H and O–H groups in total. The topological polar surface area (TPSA) is 46.9 Å². The molecule has 1 aromatic carbocycles. The predicted molar refractivity (Wildman–Crippen MR) is 79.2 cm³/mol. The molecule has 0 unspecified atom stereocenters. The van der Waals surface area contributed by atoms with Gasteiger partial charge in [-0.15, -0.1) is 0 Å². The van der Waals surface area contributed by atoms with E-state index in [-0.39, 0.29) is 5.91 Å². The summed E-state index contributed by atoms with van der Waals surface area (Å²) in [6, 6.07) is 10.2. The Morgan fingerprint density at radius 2 is 2.05 bits per heavy atom. The monoisotopic (exact) mass is 269 g/mol. The third kappa shape index (κ3) is 3.35. The minimum Gasteiger partial charge on any atom is -0.347 e. The molecule has 0 bridgehead atoms. The van der Waals surface area contributed by atoms with E-state index < -0.39 is 0 Å². The Kier molecular flexibility index (Phi) is 4.35. The fraction of sp³-hybridized carbons (Fsp3) is 0.250. The van der Waals surface area contributed by atoms with Crippen LogP contribution in [-0.2, 0) is 17.9 Å². The molecule has 4 heteroatoms. The molecule has 104 valence electrons. The van der Waals surface area contributed by atoms with Crippen LogP contribution in [0.1, 0.15) is 24.0 Å². The highest BCUT2D eigenvalue weighted by molar-refractivity contribution is 5.91. The molecule has 0 saturated carbocycles. The fourth-order valence-electron chi connectivity index (χ4n) is 1.96. The number of hydrogen-bond acceptors (Lipinski definition) is 2. The Morgan fingerprint density at radius 3 is 2.70 bits per heavy atom. The molecule has 4 nitrogen and oxygen atoms in total. The molecule has 0 saturated heterocycles. The number of benzene rings is 1. The molecule has 2 aromatic rings. The normalized spacial score (nSPS) is 10.3. The van der Waals surface area contributed by atoms with Crippen molar-refractivity contribution in [2.45, 2.75) is 26.9 Å². The van der Waals surface area contributed by atoms with Gasteiger partial charge in [-0.3, -0.25) is 4.79 Å². The summed E-state index contributed by atoms with van der Waals surface area (Å²) < 4.78 is 2.11. The zero-order valence-electron chi connectivity index (χ0n) is 11.9. The Bertz CT molecular complexity index is 614. The summed E-state index contributed by atoms with van der Waals surface area (Å²) in [5, 5.41) is 2.84. The first kappa shape index (κ1) is 14.1. The van der Waals surface area contributed by atoms with Crippen molar-refractivity contribution in [3.8, 4) is 0 Å². The van der Waals surface area contributed by atoms with Crippen molar-refractivity contribution in [2.24, 2.45) is 0 Å². The molecular formula is C16H19N3O. The predicted octanol–water partition coefficient (Wildman–Crippen LogP) is 2.43. The summed E-state index contributed by atoms with van der Waals surface area (Å²) in [4.78, 5) is 15.9. The SMILES string of the molecule is C=C(C)C(=O)NCc1cnc(C)n1Cc1ccccc1. The molecule has 0 fully saturated rings. The molecule has 0 spiro atoms. The lowest BCUT2D eigenvalue weighted by atomic mass is 10.2. The van der Waals surface area contributed by atoms with Crippen molar-refractivity contribution in [1.82, 2.24) is 14.9 Å². The van der Waals surface area contributed by atoms with Gasteiger partial charge in [-0.1, -0.05) is 36.9 Å². The van der Waals surface area contributed by atoms with E-state index in [1.807, 2.05) is 25.1 Å². The average molecular weight is 269 g/mol. The highest BCUT2D eigenvalue weighted by Crippen LogP contribution is 2.09. The zero-order chi connectivity index (χ0) is 14.5. The number of nitrogens with one attached hydrogen (secondary N) is 1. The van der Waals surface area contributed by atoms with E-state index in [2.05, 4.69) is 33.6 Å². The first-order chi connectivity index (χ1) is 9.58. The van der Waals surface area contributed by atoms with Gasteiger partial charge in [0.2, 0.25) is 5.91 Å².